The number of carbonyl (C=O) groups excluding carboxylic acids is 2. The van der Waals surface area contributed by atoms with E-state index in [4.69, 9.17) is 4.74 Å². The lowest BCUT2D eigenvalue weighted by Crippen LogP contribution is -2.34. The summed E-state index contributed by atoms with van der Waals surface area (Å²) in [6.07, 6.45) is -1.61. The van der Waals surface area contributed by atoms with Crippen molar-refractivity contribution in [2.75, 3.05) is 49.1 Å². The van der Waals surface area contributed by atoms with Crippen LogP contribution < -0.4 is 20.4 Å². The van der Waals surface area contributed by atoms with Gasteiger partial charge in [-0.1, -0.05) is 0 Å². The quantitative estimate of drug-likeness (QED) is 0.698. The number of β-amino-alcohol motifs (C(OH)–C–C–N with tert-alkyl or cyclic N) is 1. The first-order chi connectivity index (χ1) is 12.4. The van der Waals surface area contributed by atoms with Gasteiger partial charge in [0.2, 0.25) is 5.91 Å². The SMILES string of the molecule is CC(=O)NC[C@H]1CN(c2ccc(N3CCNCC(O)C3)c(F)c2)C(=O)O1. The molecule has 0 aliphatic carbocycles. The molecule has 142 valence electrons. The molecule has 2 aliphatic rings. The molecule has 2 fully saturated rings. The van der Waals surface area contributed by atoms with Crippen molar-refractivity contribution in [3.63, 3.8) is 0 Å². The van der Waals surface area contributed by atoms with Gasteiger partial charge in [-0.25, -0.2) is 9.18 Å². The van der Waals surface area contributed by atoms with Crippen LogP contribution in [0.3, 0.4) is 0 Å². The molecule has 9 heteroatoms. The number of ether oxygens (including phenoxy) is 1. The number of aliphatic hydroxyl groups excluding tert-OH is 1. The van der Waals surface area contributed by atoms with Crippen molar-refractivity contribution in [2.24, 2.45) is 0 Å². The first-order valence-electron chi connectivity index (χ1n) is 8.60. The van der Waals surface area contributed by atoms with Crippen molar-refractivity contribution >= 4 is 23.4 Å². The Morgan fingerprint density at radius 2 is 2.27 bits per heavy atom. The molecule has 0 radical (unpaired) electrons. The van der Waals surface area contributed by atoms with E-state index in [9.17, 15) is 19.1 Å². The highest BCUT2D eigenvalue weighted by Crippen LogP contribution is 2.28. The second-order valence-electron chi connectivity index (χ2n) is 6.49. The Bertz CT molecular complexity index is 687. The monoisotopic (exact) mass is 366 g/mol. The third-order valence-corrected chi connectivity index (χ3v) is 4.41. The zero-order valence-electron chi connectivity index (χ0n) is 14.6. The van der Waals surface area contributed by atoms with Crippen molar-refractivity contribution in [3.05, 3.63) is 24.0 Å². The van der Waals surface area contributed by atoms with E-state index in [2.05, 4.69) is 10.6 Å². The molecule has 3 rings (SSSR count). The van der Waals surface area contributed by atoms with E-state index in [0.717, 1.165) is 0 Å². The molecule has 0 saturated carbocycles. The number of benzene rings is 1. The molecule has 1 aromatic carbocycles. The molecular formula is C17H23FN4O4. The highest BCUT2D eigenvalue weighted by Gasteiger charge is 2.33. The lowest BCUT2D eigenvalue weighted by Gasteiger charge is -2.25. The topological polar surface area (TPSA) is 94.1 Å². The molecule has 3 N–H and O–H groups in total. The zero-order valence-corrected chi connectivity index (χ0v) is 14.6. The van der Waals surface area contributed by atoms with Crippen LogP contribution in [0.1, 0.15) is 6.92 Å². The van der Waals surface area contributed by atoms with E-state index in [1.807, 2.05) is 0 Å². The number of aliphatic hydroxyl groups is 1. The van der Waals surface area contributed by atoms with Crippen LogP contribution in [-0.2, 0) is 9.53 Å². The second-order valence-corrected chi connectivity index (χ2v) is 6.49. The van der Waals surface area contributed by atoms with E-state index in [1.165, 1.54) is 17.9 Å². The Balaban J connectivity index is 1.71. The summed E-state index contributed by atoms with van der Waals surface area (Å²) in [7, 11) is 0. The van der Waals surface area contributed by atoms with Crippen molar-refractivity contribution in [1.29, 1.82) is 0 Å². The molecule has 2 aliphatic heterocycles. The maximum Gasteiger partial charge on any atom is 0.414 e. The van der Waals surface area contributed by atoms with E-state index in [1.54, 1.807) is 17.0 Å². The van der Waals surface area contributed by atoms with Crippen LogP contribution in [0.4, 0.5) is 20.6 Å². The van der Waals surface area contributed by atoms with E-state index in [0.29, 0.717) is 37.6 Å². The van der Waals surface area contributed by atoms with Gasteiger partial charge in [0, 0.05) is 33.1 Å². The van der Waals surface area contributed by atoms with Crippen molar-refractivity contribution < 1.29 is 23.8 Å². The van der Waals surface area contributed by atoms with Crippen molar-refractivity contribution in [3.8, 4) is 0 Å². The number of hydrogen-bond acceptors (Lipinski definition) is 6. The second kappa shape index (κ2) is 7.88. The predicted octanol–water partition coefficient (Wildman–Crippen LogP) is 0.0575. The maximum absolute atomic E-state index is 14.6. The minimum atomic E-state index is -0.570. The lowest BCUT2D eigenvalue weighted by molar-refractivity contribution is -0.119. The summed E-state index contributed by atoms with van der Waals surface area (Å²) in [5.74, 6) is -0.668. The van der Waals surface area contributed by atoms with E-state index in [-0.39, 0.29) is 19.0 Å². The number of hydrogen-bond donors (Lipinski definition) is 3. The number of nitrogens with zero attached hydrogens (tertiary/aromatic N) is 2. The average Bonchev–Trinajstić information content (AvgIpc) is 2.82. The van der Waals surface area contributed by atoms with Crippen LogP contribution in [0.25, 0.3) is 0 Å². The summed E-state index contributed by atoms with van der Waals surface area (Å²) in [5, 5.41) is 15.6. The van der Waals surface area contributed by atoms with Crippen molar-refractivity contribution in [2.45, 2.75) is 19.1 Å². The minimum Gasteiger partial charge on any atom is -0.442 e. The fraction of sp³-hybridized carbons (Fsp3) is 0.529. The van der Waals surface area contributed by atoms with Gasteiger partial charge < -0.3 is 25.4 Å². The molecular weight excluding hydrogens is 343 g/mol. The van der Waals surface area contributed by atoms with Gasteiger partial charge >= 0.3 is 6.09 Å². The highest BCUT2D eigenvalue weighted by atomic mass is 19.1. The van der Waals surface area contributed by atoms with Crippen LogP contribution >= 0.6 is 0 Å². The molecule has 0 spiro atoms. The van der Waals surface area contributed by atoms with Gasteiger partial charge in [0.15, 0.2) is 0 Å². The third kappa shape index (κ3) is 4.23. The highest BCUT2D eigenvalue weighted by molar-refractivity contribution is 5.90. The molecule has 0 aromatic heterocycles. The molecule has 2 heterocycles. The number of rotatable bonds is 4. The number of halogens is 1. The Morgan fingerprint density at radius 3 is 3.00 bits per heavy atom. The summed E-state index contributed by atoms with van der Waals surface area (Å²) in [5.41, 5.74) is 0.786. The Labute approximate surface area is 150 Å². The standard InChI is InChI=1S/C17H23FN4O4/c1-11(23)20-8-14-10-22(17(25)26-14)12-2-3-16(15(18)6-12)21-5-4-19-7-13(24)9-21/h2-3,6,13-14,19,24H,4-5,7-10H2,1H3,(H,20,23)/t13?,14-/m0/s1. The fourth-order valence-corrected chi connectivity index (χ4v) is 3.13. The molecule has 1 aromatic rings. The van der Waals surface area contributed by atoms with Crippen LogP contribution in [-0.4, -0.2) is 68.6 Å². The smallest absolute Gasteiger partial charge is 0.414 e. The van der Waals surface area contributed by atoms with Crippen molar-refractivity contribution in [1.82, 2.24) is 10.6 Å². The van der Waals surface area contributed by atoms with Gasteiger partial charge in [-0.2, -0.15) is 0 Å². The number of cyclic esters (lactones) is 1. The van der Waals surface area contributed by atoms with Crippen LogP contribution in [0, 0.1) is 5.82 Å². The molecule has 8 nitrogen and oxygen atoms in total. The molecule has 2 amide bonds. The summed E-state index contributed by atoms with van der Waals surface area (Å²) >= 11 is 0. The summed E-state index contributed by atoms with van der Waals surface area (Å²) < 4.78 is 19.8. The largest absolute Gasteiger partial charge is 0.442 e. The lowest BCUT2D eigenvalue weighted by atomic mass is 10.2. The molecule has 0 bridgehead atoms. The molecule has 26 heavy (non-hydrogen) atoms. The van der Waals surface area contributed by atoms with Gasteiger partial charge in [0.1, 0.15) is 11.9 Å². The summed E-state index contributed by atoms with van der Waals surface area (Å²) in [6.45, 7) is 3.90. The fourth-order valence-electron chi connectivity index (χ4n) is 3.13. The van der Waals surface area contributed by atoms with Gasteiger partial charge in [-0.3, -0.25) is 9.69 Å². The van der Waals surface area contributed by atoms with E-state index >= 15 is 0 Å². The Hall–Kier alpha value is -2.39. The van der Waals surface area contributed by atoms with Gasteiger partial charge in [0.25, 0.3) is 0 Å². The number of carbonyl (C=O) groups is 2. The Kier molecular flexibility index (Phi) is 5.58. The predicted molar refractivity (Wildman–Crippen MR) is 93.8 cm³/mol. The van der Waals surface area contributed by atoms with Gasteiger partial charge in [-0.15, -0.1) is 0 Å². The van der Waals surface area contributed by atoms with Crippen LogP contribution in [0.5, 0.6) is 0 Å². The average molecular weight is 366 g/mol. The first kappa shape index (κ1) is 18.4. The van der Waals surface area contributed by atoms with E-state index < -0.39 is 24.1 Å². The number of amides is 2. The third-order valence-electron chi connectivity index (χ3n) is 4.41. The molecule has 2 atom stereocenters. The normalized spacial score (nSPS) is 23.6. The summed E-state index contributed by atoms with van der Waals surface area (Å²) in [6, 6.07) is 4.56. The maximum atomic E-state index is 14.6. The Morgan fingerprint density at radius 1 is 1.46 bits per heavy atom. The van der Waals surface area contributed by atoms with Gasteiger partial charge in [-0.05, 0) is 18.2 Å². The van der Waals surface area contributed by atoms with Crippen LogP contribution in [0.15, 0.2) is 18.2 Å². The zero-order chi connectivity index (χ0) is 18.7. The molecule has 1 unspecified atom stereocenters. The minimum absolute atomic E-state index is 0.205. The first-order valence-corrected chi connectivity index (χ1v) is 8.60. The number of nitrogens with one attached hydrogen (secondary N) is 2. The molecule has 2 saturated heterocycles. The summed E-state index contributed by atoms with van der Waals surface area (Å²) in [4.78, 5) is 26.1. The van der Waals surface area contributed by atoms with Crippen LogP contribution in [0.2, 0.25) is 0 Å². The number of anilines is 2. The van der Waals surface area contributed by atoms with Gasteiger partial charge in [0.05, 0.1) is 30.6 Å².